The molecule has 0 spiro atoms. The Morgan fingerprint density at radius 2 is 1.73 bits per heavy atom. The molecule has 49 heavy (non-hydrogen) atoms. The van der Waals surface area contributed by atoms with E-state index in [2.05, 4.69) is 57.5 Å². The van der Waals surface area contributed by atoms with Crippen LogP contribution in [0.2, 0.25) is 0 Å². The number of morpholine rings is 1. The Morgan fingerprint density at radius 3 is 2.45 bits per heavy atom. The summed E-state index contributed by atoms with van der Waals surface area (Å²) in [5.41, 5.74) is 4.27. The lowest BCUT2D eigenvalue weighted by atomic mass is 9.41. The van der Waals surface area contributed by atoms with Gasteiger partial charge in [-0.05, 0) is 140 Å². The maximum absolute atomic E-state index is 15.2. The molecule has 0 aromatic heterocycles. The van der Waals surface area contributed by atoms with Crippen molar-refractivity contribution in [2.24, 2.45) is 51.8 Å². The number of nitrogens with zero attached hydrogens (tertiary/aromatic N) is 1. The van der Waals surface area contributed by atoms with Crippen molar-refractivity contribution in [3.05, 3.63) is 53.4 Å². The molecule has 0 bridgehead atoms. The number of fused-ring (bicyclic) bond motifs is 7. The maximum atomic E-state index is 15.2. The lowest BCUT2D eigenvalue weighted by Gasteiger charge is -2.65. The third kappa shape index (κ3) is 5.79. The predicted octanol–water partition coefficient (Wildman–Crippen LogP) is 8.94. The molecule has 6 heteroatoms. The SMILES string of the molecule is C=C(C)[C@@H]1CC[C@]2(NCCN3CCOCC3)CC[C@]3(C)[C@H](CC[C@H]4[C@@H]3CCC[C@H]3C(C)(C)C(c5ccc(C(=O)OC)c(F)c5)=CC[C@]43C)[C@@H]12. The number of esters is 1. The van der Waals surface area contributed by atoms with E-state index in [0.717, 1.165) is 63.2 Å². The highest BCUT2D eigenvalue weighted by molar-refractivity contribution is 5.90. The van der Waals surface area contributed by atoms with Crippen molar-refractivity contribution in [2.45, 2.75) is 104 Å². The molecule has 0 radical (unpaired) electrons. The van der Waals surface area contributed by atoms with Crippen molar-refractivity contribution in [3.63, 3.8) is 0 Å². The third-order valence-electron chi connectivity index (χ3n) is 15.8. The monoisotopic (exact) mass is 674 g/mol. The molecule has 5 fully saturated rings. The molecule has 1 aromatic carbocycles. The van der Waals surface area contributed by atoms with Gasteiger partial charge in [0.2, 0.25) is 0 Å². The third-order valence-corrected chi connectivity index (χ3v) is 15.8. The number of hydrogen-bond acceptors (Lipinski definition) is 5. The Morgan fingerprint density at radius 1 is 1.00 bits per heavy atom. The van der Waals surface area contributed by atoms with Crippen LogP contribution < -0.4 is 5.32 Å². The molecule has 1 saturated heterocycles. The van der Waals surface area contributed by atoms with Crippen molar-refractivity contribution in [1.82, 2.24) is 10.2 Å². The summed E-state index contributed by atoms with van der Waals surface area (Å²) in [6.07, 6.45) is 15.2. The lowest BCUT2D eigenvalue weighted by Crippen LogP contribution is -2.63. The number of rotatable bonds is 7. The van der Waals surface area contributed by atoms with Gasteiger partial charge in [0.05, 0.1) is 25.9 Å². The summed E-state index contributed by atoms with van der Waals surface area (Å²) in [7, 11) is 1.30. The van der Waals surface area contributed by atoms with Crippen molar-refractivity contribution in [1.29, 1.82) is 0 Å². The van der Waals surface area contributed by atoms with E-state index in [4.69, 9.17) is 9.47 Å². The molecule has 1 N–H and O–H groups in total. The maximum Gasteiger partial charge on any atom is 0.340 e. The number of carbonyl (C=O) groups is 1. The van der Waals surface area contributed by atoms with E-state index in [-0.39, 0.29) is 21.9 Å². The van der Waals surface area contributed by atoms with E-state index in [0.29, 0.717) is 29.1 Å². The molecular formula is C43H63FN2O3. The number of allylic oxidation sites excluding steroid dienone is 3. The molecule has 5 nitrogen and oxygen atoms in total. The van der Waals surface area contributed by atoms with Crippen LogP contribution in [0.15, 0.2) is 36.4 Å². The minimum absolute atomic E-state index is 0.00701. The van der Waals surface area contributed by atoms with Gasteiger partial charge in [-0.3, -0.25) is 4.90 Å². The minimum Gasteiger partial charge on any atom is -0.465 e. The van der Waals surface area contributed by atoms with Gasteiger partial charge in [-0.1, -0.05) is 58.4 Å². The molecular weight excluding hydrogens is 611 g/mol. The van der Waals surface area contributed by atoms with Gasteiger partial charge in [0.15, 0.2) is 0 Å². The largest absolute Gasteiger partial charge is 0.465 e. The Hall–Kier alpha value is -2.02. The molecule has 0 amide bonds. The van der Waals surface area contributed by atoms with E-state index in [1.165, 1.54) is 76.0 Å². The van der Waals surface area contributed by atoms with Crippen LogP contribution >= 0.6 is 0 Å². The Balaban J connectivity index is 1.16. The molecule has 7 rings (SSSR count). The Kier molecular flexibility index (Phi) is 9.53. The average Bonchev–Trinajstić information content (AvgIpc) is 3.38. The van der Waals surface area contributed by atoms with Crippen LogP contribution in [0.4, 0.5) is 4.39 Å². The van der Waals surface area contributed by atoms with Crippen LogP contribution in [0.1, 0.15) is 115 Å². The van der Waals surface area contributed by atoms with E-state index in [1.54, 1.807) is 12.1 Å². The minimum atomic E-state index is -0.622. The normalized spacial score (nSPS) is 40.2. The van der Waals surface area contributed by atoms with Crippen molar-refractivity contribution >= 4 is 11.5 Å². The zero-order valence-corrected chi connectivity index (χ0v) is 31.3. The van der Waals surface area contributed by atoms with Crippen molar-refractivity contribution in [3.8, 4) is 0 Å². The van der Waals surface area contributed by atoms with Crippen molar-refractivity contribution in [2.75, 3.05) is 46.5 Å². The van der Waals surface area contributed by atoms with Gasteiger partial charge in [0, 0.05) is 31.7 Å². The first-order valence-electron chi connectivity index (χ1n) is 19.6. The predicted molar refractivity (Wildman–Crippen MR) is 196 cm³/mol. The molecule has 1 aromatic rings. The van der Waals surface area contributed by atoms with Gasteiger partial charge in [-0.2, -0.15) is 0 Å². The Labute approximate surface area is 295 Å². The van der Waals surface area contributed by atoms with Gasteiger partial charge >= 0.3 is 5.97 Å². The number of halogens is 1. The summed E-state index contributed by atoms with van der Waals surface area (Å²) in [6, 6.07) is 5.10. The second-order valence-electron chi connectivity index (χ2n) is 18.2. The Bertz CT molecular complexity index is 1460. The summed E-state index contributed by atoms with van der Waals surface area (Å²) < 4.78 is 25.6. The molecule has 5 aliphatic carbocycles. The molecule has 1 aliphatic heterocycles. The van der Waals surface area contributed by atoms with E-state index in [1.807, 2.05) is 6.07 Å². The molecule has 0 unspecified atom stereocenters. The summed E-state index contributed by atoms with van der Waals surface area (Å²) >= 11 is 0. The molecule has 270 valence electrons. The van der Waals surface area contributed by atoms with Gasteiger partial charge in [0.25, 0.3) is 0 Å². The van der Waals surface area contributed by atoms with Crippen molar-refractivity contribution < 1.29 is 18.7 Å². The highest BCUT2D eigenvalue weighted by atomic mass is 19.1. The van der Waals surface area contributed by atoms with Gasteiger partial charge in [0.1, 0.15) is 5.82 Å². The number of hydrogen-bond donors (Lipinski definition) is 1. The zero-order valence-electron chi connectivity index (χ0n) is 31.3. The van der Waals surface area contributed by atoms with E-state index >= 15 is 4.39 Å². The smallest absolute Gasteiger partial charge is 0.340 e. The first kappa shape index (κ1) is 35.4. The molecule has 6 aliphatic rings. The number of methoxy groups -OCH3 is 1. The number of ether oxygens (including phenoxy) is 2. The summed E-state index contributed by atoms with van der Waals surface area (Å²) in [6.45, 7) is 23.1. The highest BCUT2D eigenvalue weighted by Crippen LogP contribution is 2.71. The van der Waals surface area contributed by atoms with Crippen LogP contribution in [-0.2, 0) is 9.47 Å². The summed E-state index contributed by atoms with van der Waals surface area (Å²) in [5, 5.41) is 4.28. The van der Waals surface area contributed by atoms with Crippen LogP contribution in [-0.4, -0.2) is 62.9 Å². The van der Waals surface area contributed by atoms with E-state index in [9.17, 15) is 4.79 Å². The number of carbonyl (C=O) groups excluding carboxylic acids is 1. The average molecular weight is 675 g/mol. The van der Waals surface area contributed by atoms with Gasteiger partial charge in [-0.15, -0.1) is 0 Å². The zero-order chi connectivity index (χ0) is 34.8. The summed E-state index contributed by atoms with van der Waals surface area (Å²) in [5.74, 6) is 2.88. The molecule has 4 saturated carbocycles. The van der Waals surface area contributed by atoms with Gasteiger partial charge < -0.3 is 14.8 Å². The standard InChI is InChI=1S/C43H63FN2O3/c1-28(2)30-15-18-43(45-21-22-46-23-25-49-26-24-46)20-19-41(5)33-9-8-10-37-40(3,4)32(29-11-12-31(36(44)27-29)39(47)48-7)16-17-42(37,6)34(33)13-14-35(41)38(30)43/h11-12,16,27,30,33-35,37-38,45H,1,8-10,13-15,17-26H2,2-7H3/t30-,33-,34-,35+,37-,38+,41-,42+,43-/m0/s1. The fourth-order valence-electron chi connectivity index (χ4n) is 13.5. The summed E-state index contributed by atoms with van der Waals surface area (Å²) in [4.78, 5) is 14.7. The first-order chi connectivity index (χ1) is 23.4. The van der Waals surface area contributed by atoms with Crippen LogP contribution in [0, 0.1) is 57.6 Å². The highest BCUT2D eigenvalue weighted by Gasteiger charge is 2.65. The fraction of sp³-hybridized carbons (Fsp3) is 0.744. The second-order valence-corrected chi connectivity index (χ2v) is 18.2. The van der Waals surface area contributed by atoms with Crippen LogP contribution in [0.3, 0.4) is 0 Å². The first-order valence-corrected chi connectivity index (χ1v) is 19.6. The van der Waals surface area contributed by atoms with Crippen LogP contribution in [0.25, 0.3) is 5.57 Å². The van der Waals surface area contributed by atoms with Gasteiger partial charge in [-0.25, -0.2) is 9.18 Å². The number of nitrogens with one attached hydrogen (secondary N) is 1. The van der Waals surface area contributed by atoms with Crippen LogP contribution in [0.5, 0.6) is 0 Å². The topological polar surface area (TPSA) is 50.8 Å². The molecule has 1 heterocycles. The molecule has 9 atom stereocenters. The fourth-order valence-corrected chi connectivity index (χ4v) is 13.5. The number of benzene rings is 1. The lowest BCUT2D eigenvalue weighted by molar-refractivity contribution is -0.135. The second kappa shape index (κ2) is 13.2. The quantitative estimate of drug-likeness (QED) is 0.231. The van der Waals surface area contributed by atoms with E-state index < -0.39 is 11.8 Å².